The molecule has 1 aliphatic rings. The number of nitrogens with one attached hydrogen (secondary N) is 1. The minimum Gasteiger partial charge on any atom is -0.494 e. The zero-order valence-corrected chi connectivity index (χ0v) is 18.8. The highest BCUT2D eigenvalue weighted by molar-refractivity contribution is 7.89. The van der Waals surface area contributed by atoms with Crippen molar-refractivity contribution in [1.29, 1.82) is 0 Å². The van der Waals surface area contributed by atoms with Gasteiger partial charge in [0.15, 0.2) is 5.78 Å². The van der Waals surface area contributed by atoms with Crippen molar-refractivity contribution in [2.75, 3.05) is 13.2 Å². The van der Waals surface area contributed by atoms with Crippen LogP contribution in [0.1, 0.15) is 43.0 Å². The number of carbonyl (C=O) groups excluding carboxylic acids is 1. The molecular weight excluding hydrogens is 461 g/mol. The van der Waals surface area contributed by atoms with E-state index in [1.807, 2.05) is 0 Å². The summed E-state index contributed by atoms with van der Waals surface area (Å²) in [4.78, 5) is 13.7. The first-order valence-corrected chi connectivity index (χ1v) is 11.9. The van der Waals surface area contributed by atoms with Crippen molar-refractivity contribution in [3.05, 3.63) is 54.1 Å². The van der Waals surface area contributed by atoms with Crippen LogP contribution in [-0.4, -0.2) is 44.8 Å². The summed E-state index contributed by atoms with van der Waals surface area (Å²) in [5, 5.41) is 1.65. The summed E-state index contributed by atoms with van der Waals surface area (Å²) in [6, 6.07) is 10.9. The van der Waals surface area contributed by atoms with Crippen LogP contribution >= 0.6 is 0 Å². The number of hydrogen-bond donors (Lipinski definition) is 1. The third-order valence-electron chi connectivity index (χ3n) is 5.19. The summed E-state index contributed by atoms with van der Waals surface area (Å²) in [5.41, 5.74) is 0.610. The van der Waals surface area contributed by atoms with Crippen LogP contribution in [0.4, 0.5) is 13.2 Å². The minimum absolute atomic E-state index is 0.0173. The molecular formula is C22H25F3N2O5S. The van der Waals surface area contributed by atoms with E-state index >= 15 is 0 Å². The Morgan fingerprint density at radius 1 is 1.09 bits per heavy atom. The second-order valence-corrected chi connectivity index (χ2v) is 9.34. The molecule has 1 saturated heterocycles. The fourth-order valence-electron chi connectivity index (χ4n) is 3.58. The number of ether oxygens (including phenoxy) is 2. The van der Waals surface area contributed by atoms with Gasteiger partial charge in [-0.05, 0) is 81.1 Å². The molecule has 1 heterocycles. The van der Waals surface area contributed by atoms with Crippen LogP contribution in [-0.2, 0) is 10.0 Å². The number of sulfonamides is 1. The number of nitrogens with zero attached hydrogens (tertiary/aromatic N) is 1. The molecule has 3 rings (SSSR count). The first kappa shape index (κ1) is 25.0. The van der Waals surface area contributed by atoms with Crippen LogP contribution in [0.15, 0.2) is 53.4 Å². The fraction of sp³-hybridized carbons (Fsp3) is 0.409. The number of carbonyl (C=O) groups is 1. The highest BCUT2D eigenvalue weighted by Crippen LogP contribution is 2.25. The van der Waals surface area contributed by atoms with Gasteiger partial charge in [0.25, 0.3) is 10.0 Å². The maximum atomic E-state index is 12.7. The van der Waals surface area contributed by atoms with Crippen LogP contribution in [0.5, 0.6) is 11.5 Å². The number of benzene rings is 2. The Kier molecular flexibility index (Phi) is 7.98. The lowest BCUT2D eigenvalue weighted by Crippen LogP contribution is -2.45. The maximum Gasteiger partial charge on any atom is 0.573 e. The topological polar surface area (TPSA) is 84.9 Å². The van der Waals surface area contributed by atoms with Gasteiger partial charge in [0.1, 0.15) is 11.5 Å². The van der Waals surface area contributed by atoms with Crippen LogP contribution in [0.3, 0.4) is 0 Å². The zero-order chi connectivity index (χ0) is 24.1. The predicted octanol–water partition coefficient (Wildman–Crippen LogP) is 4.30. The van der Waals surface area contributed by atoms with Crippen molar-refractivity contribution in [2.24, 2.45) is 0 Å². The van der Waals surface area contributed by atoms with E-state index in [1.54, 1.807) is 29.3 Å². The first-order valence-electron chi connectivity index (χ1n) is 10.4. The van der Waals surface area contributed by atoms with Gasteiger partial charge in [-0.1, -0.05) is 0 Å². The molecule has 7 nitrogen and oxygen atoms in total. The van der Waals surface area contributed by atoms with Gasteiger partial charge in [-0.25, -0.2) is 13.4 Å². The molecule has 33 heavy (non-hydrogen) atoms. The van der Waals surface area contributed by atoms with Gasteiger partial charge in [-0.2, -0.15) is 0 Å². The Morgan fingerprint density at radius 3 is 2.33 bits per heavy atom. The fourth-order valence-corrected chi connectivity index (χ4v) is 4.73. The molecule has 2 aromatic carbocycles. The normalized spacial score (nSPS) is 17.2. The summed E-state index contributed by atoms with van der Waals surface area (Å²) in [6.45, 7) is 2.47. The molecule has 0 spiro atoms. The minimum atomic E-state index is -4.84. The number of hydrazine groups is 1. The highest BCUT2D eigenvalue weighted by Gasteiger charge is 2.32. The van der Waals surface area contributed by atoms with E-state index in [-0.39, 0.29) is 16.7 Å². The summed E-state index contributed by atoms with van der Waals surface area (Å²) < 4.78 is 71.6. The van der Waals surface area contributed by atoms with Gasteiger partial charge in [0, 0.05) is 18.2 Å². The summed E-state index contributed by atoms with van der Waals surface area (Å²) in [5.74, 6) is 0.147. The molecule has 0 aliphatic carbocycles. The molecule has 0 amide bonds. The Hall–Kier alpha value is -2.63. The van der Waals surface area contributed by atoms with Crippen LogP contribution in [0, 0.1) is 0 Å². The number of alkyl halides is 3. The van der Waals surface area contributed by atoms with E-state index in [9.17, 15) is 26.4 Å². The average molecular weight is 487 g/mol. The van der Waals surface area contributed by atoms with E-state index in [1.165, 1.54) is 6.92 Å². The first-order chi connectivity index (χ1) is 15.5. The second-order valence-electron chi connectivity index (χ2n) is 7.67. The van der Waals surface area contributed by atoms with E-state index in [2.05, 4.69) is 9.57 Å². The Balaban J connectivity index is 1.49. The number of Topliss-reactive ketones (excluding diaryl/α,β-unsaturated/α-hetero) is 1. The van der Waals surface area contributed by atoms with Crippen LogP contribution in [0.25, 0.3) is 0 Å². The summed E-state index contributed by atoms with van der Waals surface area (Å²) in [6.07, 6.45) is -1.82. The van der Waals surface area contributed by atoms with Gasteiger partial charge in [0.2, 0.25) is 0 Å². The smallest absolute Gasteiger partial charge is 0.494 e. The maximum absolute atomic E-state index is 12.7. The molecule has 180 valence electrons. The lowest BCUT2D eigenvalue weighted by Gasteiger charge is -2.25. The Bertz CT molecular complexity index is 1040. The Morgan fingerprint density at radius 2 is 1.73 bits per heavy atom. The molecule has 1 fully saturated rings. The molecule has 0 radical (unpaired) electrons. The van der Waals surface area contributed by atoms with Crippen LogP contribution < -0.4 is 14.3 Å². The third kappa shape index (κ3) is 7.44. The standard InChI is InChI=1S/C22H25F3N2O5S/c1-16(28)17-6-8-19(9-7-17)31-15-3-5-18-4-2-14-27(18)26-33(29,30)21-12-10-20(11-13-21)32-22(23,24)25/h6-13,18,26H,2-5,14-15H2,1H3/t18-/m1/s1. The number of halogens is 3. The van der Waals surface area contributed by atoms with Gasteiger partial charge < -0.3 is 9.47 Å². The van der Waals surface area contributed by atoms with Crippen molar-refractivity contribution in [2.45, 2.75) is 49.9 Å². The monoisotopic (exact) mass is 486 g/mol. The molecule has 1 aliphatic heterocycles. The van der Waals surface area contributed by atoms with Crippen molar-refractivity contribution in [1.82, 2.24) is 9.84 Å². The quantitative estimate of drug-likeness (QED) is 0.398. The van der Waals surface area contributed by atoms with Gasteiger partial charge >= 0.3 is 6.36 Å². The third-order valence-corrected chi connectivity index (χ3v) is 6.56. The lowest BCUT2D eigenvalue weighted by atomic mass is 10.1. The van der Waals surface area contributed by atoms with Gasteiger partial charge in [-0.3, -0.25) is 4.79 Å². The van der Waals surface area contributed by atoms with Crippen molar-refractivity contribution >= 4 is 15.8 Å². The zero-order valence-electron chi connectivity index (χ0n) is 18.0. The van der Waals surface area contributed by atoms with Crippen molar-refractivity contribution < 1.29 is 35.9 Å². The molecule has 0 aromatic heterocycles. The van der Waals surface area contributed by atoms with E-state index < -0.39 is 22.1 Å². The average Bonchev–Trinajstić information content (AvgIpc) is 3.17. The molecule has 1 N–H and O–H groups in total. The molecule has 2 aromatic rings. The summed E-state index contributed by atoms with van der Waals surface area (Å²) in [7, 11) is -3.94. The predicted molar refractivity (Wildman–Crippen MR) is 114 cm³/mol. The number of rotatable bonds is 10. The number of hydrogen-bond acceptors (Lipinski definition) is 6. The largest absolute Gasteiger partial charge is 0.573 e. The highest BCUT2D eigenvalue weighted by atomic mass is 32.2. The Labute approximate surface area is 190 Å². The molecule has 0 bridgehead atoms. The van der Waals surface area contributed by atoms with E-state index in [0.717, 1.165) is 37.1 Å². The SMILES string of the molecule is CC(=O)c1ccc(OCCC[C@H]2CCCN2NS(=O)(=O)c2ccc(OC(F)(F)F)cc2)cc1. The number of ketones is 1. The van der Waals surface area contributed by atoms with E-state index in [4.69, 9.17) is 4.74 Å². The molecule has 0 unspecified atom stereocenters. The summed E-state index contributed by atoms with van der Waals surface area (Å²) >= 11 is 0. The molecule has 11 heteroatoms. The molecule has 0 saturated carbocycles. The lowest BCUT2D eigenvalue weighted by molar-refractivity contribution is -0.274. The molecule has 1 atom stereocenters. The van der Waals surface area contributed by atoms with Gasteiger partial charge in [0.05, 0.1) is 11.5 Å². The van der Waals surface area contributed by atoms with E-state index in [0.29, 0.717) is 37.3 Å². The van der Waals surface area contributed by atoms with Crippen molar-refractivity contribution in [3.63, 3.8) is 0 Å². The van der Waals surface area contributed by atoms with Gasteiger partial charge in [-0.15, -0.1) is 18.0 Å². The van der Waals surface area contributed by atoms with Crippen molar-refractivity contribution in [3.8, 4) is 11.5 Å². The second kappa shape index (κ2) is 10.5. The van der Waals surface area contributed by atoms with Crippen LogP contribution in [0.2, 0.25) is 0 Å².